The van der Waals surface area contributed by atoms with E-state index in [9.17, 15) is 24.6 Å². The van der Waals surface area contributed by atoms with Gasteiger partial charge in [0.1, 0.15) is 43.4 Å². The fraction of sp³-hybridized carbons (Fsp3) is 0.500. The van der Waals surface area contributed by atoms with Crippen LogP contribution in [0.25, 0.3) is 22.3 Å². The first-order chi connectivity index (χ1) is 30.6. The lowest BCUT2D eigenvalue weighted by Crippen LogP contribution is -2.44. The Bertz CT molecular complexity index is 1990. The molecule has 9 nitrogen and oxygen atoms in total. The molecule has 0 radical (unpaired) electrons. The minimum Gasteiger partial charge on any atom is -0.492 e. The van der Waals surface area contributed by atoms with Crippen molar-refractivity contribution in [3.63, 3.8) is 0 Å². The third kappa shape index (κ3) is 14.7. The van der Waals surface area contributed by atoms with Crippen LogP contribution in [-0.2, 0) is 47.9 Å². The summed E-state index contributed by atoms with van der Waals surface area (Å²) in [7, 11) is 0. The molecule has 10 heteroatoms. The van der Waals surface area contributed by atoms with Crippen molar-refractivity contribution in [2.45, 2.75) is 124 Å². The van der Waals surface area contributed by atoms with Gasteiger partial charge in [0.25, 0.3) is 0 Å². The lowest BCUT2D eigenvalue weighted by molar-refractivity contribution is -0.159. The molecule has 3 aromatic carbocycles. The van der Waals surface area contributed by atoms with Gasteiger partial charge in [0.15, 0.2) is 0 Å². The van der Waals surface area contributed by atoms with Crippen LogP contribution >= 0.6 is 0 Å². The molecule has 0 bridgehead atoms. The molecule has 3 aromatic rings. The summed E-state index contributed by atoms with van der Waals surface area (Å²) < 4.78 is 39.5. The molecule has 348 valence electrons. The summed E-state index contributed by atoms with van der Waals surface area (Å²) in [4.78, 5) is 38.0. The minimum absolute atomic E-state index is 0.0799. The largest absolute Gasteiger partial charge is 0.492 e. The average molecular weight is 883 g/mol. The predicted octanol–water partition coefficient (Wildman–Crippen LogP) is 11.1. The lowest BCUT2D eigenvalue weighted by atomic mass is 9.77. The number of halogens is 1. The molecule has 0 amide bonds. The number of esters is 3. The number of aliphatic hydroxyl groups is 2. The number of hydrogen-bond donors (Lipinski definition) is 2. The van der Waals surface area contributed by atoms with E-state index < -0.39 is 23.3 Å². The van der Waals surface area contributed by atoms with Gasteiger partial charge < -0.3 is 29.2 Å². The van der Waals surface area contributed by atoms with Crippen molar-refractivity contribution in [3.05, 3.63) is 113 Å². The molecule has 0 heterocycles. The number of ether oxygens (including phenoxy) is 4. The molecule has 0 spiro atoms. The van der Waals surface area contributed by atoms with E-state index in [2.05, 4.69) is 45.7 Å². The average Bonchev–Trinajstić information content (AvgIpc) is 3.29. The molecule has 0 unspecified atom stereocenters. The highest BCUT2D eigenvalue weighted by Crippen LogP contribution is 2.41. The highest BCUT2D eigenvalue weighted by molar-refractivity contribution is 5.88. The number of rotatable bonds is 26. The van der Waals surface area contributed by atoms with E-state index in [4.69, 9.17) is 18.9 Å². The Morgan fingerprint density at radius 3 is 1.64 bits per heavy atom. The summed E-state index contributed by atoms with van der Waals surface area (Å²) in [6.07, 6.45) is 12.1. The third-order valence-electron chi connectivity index (χ3n) is 12.2. The van der Waals surface area contributed by atoms with Crippen LogP contribution in [0.15, 0.2) is 85.0 Å². The zero-order valence-corrected chi connectivity index (χ0v) is 39.0. The van der Waals surface area contributed by atoms with Crippen molar-refractivity contribution < 1.29 is 47.9 Å². The molecule has 2 N–H and O–H groups in total. The number of hydrogen-bond acceptors (Lipinski definition) is 9. The lowest BCUT2D eigenvalue weighted by Gasteiger charge is -2.33. The van der Waals surface area contributed by atoms with Gasteiger partial charge in [0.05, 0.1) is 0 Å². The van der Waals surface area contributed by atoms with Gasteiger partial charge in [-0.3, -0.25) is 0 Å². The number of unbranched alkanes of at least 4 members (excludes halogenated alkanes) is 2. The molecule has 1 fully saturated rings. The maximum absolute atomic E-state index is 16.1. The number of aliphatic hydroxyl groups excluding tert-OH is 2. The normalized spacial score (nSPS) is 15.0. The van der Waals surface area contributed by atoms with Crippen LogP contribution in [0.2, 0.25) is 0 Å². The van der Waals surface area contributed by atoms with Gasteiger partial charge in [0, 0.05) is 35.5 Å². The van der Waals surface area contributed by atoms with Gasteiger partial charge in [-0.2, -0.15) is 0 Å². The Labute approximate surface area is 380 Å². The second-order valence-corrected chi connectivity index (χ2v) is 17.8. The Balaban J connectivity index is 1.71. The standard InChI is InChI=1S/C54H71FO9/c1-9-11-12-15-39-18-20-41(21-19-39)43-23-25-48(49(55)31-43)47-24-22-42(28-40(47)10-2)46-29-44(16-13-26-56)50(45(30-46)17-14-27-57)61-32-54(33-62-51(58)36(3)4,34-63-52(59)37(5)6)35-64-53(60)38(7)8/h22-25,28-31,39,41,56-57H,3,5,7,9-21,26-27,32-35H2,1-2,4,6,8H3. The van der Waals surface area contributed by atoms with Crippen LogP contribution in [-0.4, -0.2) is 67.8 Å². The molecule has 64 heavy (non-hydrogen) atoms. The molecule has 0 aromatic heterocycles. The molecule has 1 aliphatic rings. The summed E-state index contributed by atoms with van der Waals surface area (Å²) in [6.45, 7) is 18.3. The van der Waals surface area contributed by atoms with Crippen molar-refractivity contribution in [3.8, 4) is 28.0 Å². The molecule has 0 saturated heterocycles. The SMILES string of the molecule is C=C(C)C(=O)OCC(COC(=O)C(=C)C)(COC(=O)C(=C)C)COc1c(CCCO)cc(-c2ccc(-c3ccc(C4CCC(CCCCC)CC4)cc3F)c(CC)c2)cc1CCCO. The van der Waals surface area contributed by atoms with Crippen LogP contribution in [0.4, 0.5) is 4.39 Å². The van der Waals surface area contributed by atoms with E-state index in [0.717, 1.165) is 57.7 Å². The molecule has 0 aliphatic heterocycles. The first-order valence-corrected chi connectivity index (χ1v) is 23.1. The van der Waals surface area contributed by atoms with Crippen molar-refractivity contribution in [2.24, 2.45) is 11.3 Å². The maximum atomic E-state index is 16.1. The van der Waals surface area contributed by atoms with Crippen molar-refractivity contribution in [2.75, 3.05) is 39.6 Å². The second-order valence-electron chi connectivity index (χ2n) is 17.8. The highest BCUT2D eigenvalue weighted by atomic mass is 19.1. The first-order valence-electron chi connectivity index (χ1n) is 23.1. The van der Waals surface area contributed by atoms with Crippen LogP contribution in [0.3, 0.4) is 0 Å². The van der Waals surface area contributed by atoms with Crippen LogP contribution < -0.4 is 4.74 Å². The van der Waals surface area contributed by atoms with Gasteiger partial charge in [0.2, 0.25) is 0 Å². The molecule has 4 rings (SSSR count). The minimum atomic E-state index is -1.39. The summed E-state index contributed by atoms with van der Waals surface area (Å²) in [6, 6.07) is 15.9. The number of benzene rings is 3. The van der Waals surface area contributed by atoms with E-state index in [-0.39, 0.29) is 62.2 Å². The van der Waals surface area contributed by atoms with Gasteiger partial charge in [-0.1, -0.05) is 89.6 Å². The Hall–Kier alpha value is -5.06. The van der Waals surface area contributed by atoms with E-state index in [0.29, 0.717) is 49.3 Å². The number of aryl methyl sites for hydroxylation is 3. The smallest absolute Gasteiger partial charge is 0.333 e. The Kier molecular flexibility index (Phi) is 20.5. The van der Waals surface area contributed by atoms with Crippen molar-refractivity contribution in [1.29, 1.82) is 0 Å². The van der Waals surface area contributed by atoms with E-state index in [1.807, 2.05) is 30.3 Å². The number of carbonyl (C=O) groups excluding carboxylic acids is 3. The third-order valence-corrected chi connectivity index (χ3v) is 12.2. The van der Waals surface area contributed by atoms with E-state index in [1.54, 1.807) is 6.07 Å². The summed E-state index contributed by atoms with van der Waals surface area (Å²) >= 11 is 0. The first kappa shape index (κ1) is 51.6. The van der Waals surface area contributed by atoms with Crippen molar-refractivity contribution >= 4 is 17.9 Å². The van der Waals surface area contributed by atoms with E-state index >= 15 is 4.39 Å². The molecule has 1 saturated carbocycles. The Morgan fingerprint density at radius 1 is 0.656 bits per heavy atom. The fourth-order valence-electron chi connectivity index (χ4n) is 8.32. The quantitative estimate of drug-likeness (QED) is 0.0350. The van der Waals surface area contributed by atoms with Gasteiger partial charge in [-0.25, -0.2) is 18.8 Å². The van der Waals surface area contributed by atoms with Crippen LogP contribution in [0, 0.1) is 17.2 Å². The number of carbonyl (C=O) groups is 3. The Morgan fingerprint density at radius 2 is 1.17 bits per heavy atom. The van der Waals surface area contributed by atoms with Gasteiger partial charge >= 0.3 is 17.9 Å². The molecular formula is C54H71FO9. The van der Waals surface area contributed by atoms with Crippen LogP contribution in [0.5, 0.6) is 5.75 Å². The van der Waals surface area contributed by atoms with E-state index in [1.165, 1.54) is 59.3 Å². The predicted molar refractivity (Wildman–Crippen MR) is 252 cm³/mol. The second kappa shape index (κ2) is 25.4. The zero-order valence-electron chi connectivity index (χ0n) is 39.0. The van der Waals surface area contributed by atoms with Crippen molar-refractivity contribution in [1.82, 2.24) is 0 Å². The summed E-state index contributed by atoms with van der Waals surface area (Å²) in [5, 5.41) is 19.9. The van der Waals surface area contributed by atoms with Gasteiger partial charge in [-0.15, -0.1) is 0 Å². The highest BCUT2D eigenvalue weighted by Gasteiger charge is 2.38. The monoisotopic (exact) mass is 883 g/mol. The van der Waals surface area contributed by atoms with Crippen LogP contribution in [0.1, 0.15) is 127 Å². The zero-order chi connectivity index (χ0) is 46.8. The fourth-order valence-corrected chi connectivity index (χ4v) is 8.32. The maximum Gasteiger partial charge on any atom is 0.333 e. The topological polar surface area (TPSA) is 129 Å². The molecular weight excluding hydrogens is 812 g/mol. The molecule has 0 atom stereocenters. The van der Waals surface area contributed by atoms with Gasteiger partial charge in [-0.05, 0) is 148 Å². The summed E-state index contributed by atoms with van der Waals surface area (Å²) in [5.41, 5.74) is 5.86. The summed E-state index contributed by atoms with van der Waals surface area (Å²) in [5.74, 6) is -0.628. The molecule has 1 aliphatic carbocycles.